The third-order valence-electron chi connectivity index (χ3n) is 9.56. The van der Waals surface area contributed by atoms with E-state index in [0.717, 1.165) is 34.2 Å². The normalized spacial score (nSPS) is 16.3. The smallest absolute Gasteiger partial charge is 0.164 e. The van der Waals surface area contributed by atoms with Gasteiger partial charge in [0, 0.05) is 22.1 Å². The van der Waals surface area contributed by atoms with Crippen LogP contribution in [0.25, 0.3) is 62.0 Å². The molecule has 1 aromatic heterocycles. The van der Waals surface area contributed by atoms with Crippen molar-refractivity contribution >= 4 is 5.57 Å². The van der Waals surface area contributed by atoms with Crippen molar-refractivity contribution in [2.75, 3.05) is 0 Å². The summed E-state index contributed by atoms with van der Waals surface area (Å²) in [5.41, 5.74) is 13.5. The molecule has 0 saturated heterocycles. The molecule has 1 atom stereocenters. The Bertz CT molecular complexity index is 2100. The first kappa shape index (κ1) is 28.1. The van der Waals surface area contributed by atoms with Crippen LogP contribution in [0, 0.1) is 5.92 Å². The van der Waals surface area contributed by atoms with Gasteiger partial charge in [0.15, 0.2) is 17.5 Å². The van der Waals surface area contributed by atoms with E-state index in [2.05, 4.69) is 99.7 Å². The number of benzene rings is 5. The number of aromatic nitrogens is 3. The monoisotopic (exact) mass is 593 g/mol. The van der Waals surface area contributed by atoms with Crippen LogP contribution in [0.5, 0.6) is 0 Å². The van der Waals surface area contributed by atoms with Gasteiger partial charge < -0.3 is 0 Å². The predicted octanol–water partition coefficient (Wildman–Crippen LogP) is 10.8. The highest BCUT2D eigenvalue weighted by Crippen LogP contribution is 2.52. The van der Waals surface area contributed by atoms with Crippen LogP contribution in [0.1, 0.15) is 38.3 Å². The van der Waals surface area contributed by atoms with Crippen molar-refractivity contribution in [2.24, 2.45) is 5.92 Å². The maximum absolute atomic E-state index is 4.95. The molecule has 222 valence electrons. The molecule has 1 heterocycles. The largest absolute Gasteiger partial charge is 0.208 e. The molecular formula is C43H35N3. The van der Waals surface area contributed by atoms with Crippen LogP contribution in [-0.2, 0) is 5.41 Å². The summed E-state index contributed by atoms with van der Waals surface area (Å²) in [6.07, 6.45) is 5.80. The number of hydrogen-bond acceptors (Lipinski definition) is 3. The highest BCUT2D eigenvalue weighted by Gasteiger charge is 2.40. The van der Waals surface area contributed by atoms with Crippen LogP contribution in [0.4, 0.5) is 0 Å². The van der Waals surface area contributed by atoms with Gasteiger partial charge in [0.2, 0.25) is 0 Å². The molecule has 0 radical (unpaired) electrons. The Morgan fingerprint density at radius 2 is 1.00 bits per heavy atom. The number of rotatable bonds is 5. The molecule has 3 heteroatoms. The molecule has 8 rings (SSSR count). The summed E-state index contributed by atoms with van der Waals surface area (Å²) in [7, 11) is 0. The lowest BCUT2D eigenvalue weighted by Gasteiger charge is -2.30. The lowest BCUT2D eigenvalue weighted by Crippen LogP contribution is -2.22. The Morgan fingerprint density at radius 1 is 0.522 bits per heavy atom. The molecule has 1 unspecified atom stereocenters. The number of fused-ring (bicyclic) bond motifs is 2. The highest BCUT2D eigenvalue weighted by molar-refractivity contribution is 5.89. The van der Waals surface area contributed by atoms with Gasteiger partial charge >= 0.3 is 0 Å². The first-order valence-electron chi connectivity index (χ1n) is 16.1. The van der Waals surface area contributed by atoms with Crippen molar-refractivity contribution in [1.29, 1.82) is 0 Å². The fourth-order valence-corrected chi connectivity index (χ4v) is 7.33. The number of allylic oxidation sites excluding steroid dienone is 4. The van der Waals surface area contributed by atoms with Crippen molar-refractivity contribution in [3.8, 4) is 56.4 Å². The summed E-state index contributed by atoms with van der Waals surface area (Å²) in [5.74, 6) is 2.56. The van der Waals surface area contributed by atoms with E-state index in [9.17, 15) is 0 Å². The minimum atomic E-state index is 0.0263. The van der Waals surface area contributed by atoms with Crippen molar-refractivity contribution in [1.82, 2.24) is 15.0 Å². The Labute approximate surface area is 271 Å². The van der Waals surface area contributed by atoms with Gasteiger partial charge in [-0.2, -0.15) is 0 Å². The second-order valence-electron chi connectivity index (χ2n) is 13.0. The van der Waals surface area contributed by atoms with Crippen LogP contribution in [0.15, 0.2) is 145 Å². The number of nitrogens with zero attached hydrogens (tertiary/aromatic N) is 3. The van der Waals surface area contributed by atoms with Crippen LogP contribution in [0.3, 0.4) is 0 Å². The standard InChI is InChI=1S/C43H35N3/c1-28-13-10-22-37-36-24-23-34(27-38(36)43(2,3)39(28)37)32-19-11-18-31(25-32)33-20-12-21-35(26-33)42-45-40(29-14-6-4-7-15-29)44-41(46-42)30-16-8-5-9-17-30/h4-12,14-28H,13H2,1-3H3. The quantitative estimate of drug-likeness (QED) is 0.200. The van der Waals surface area contributed by atoms with E-state index in [-0.39, 0.29) is 5.41 Å². The van der Waals surface area contributed by atoms with E-state index in [1.54, 1.807) is 5.57 Å². The SMILES string of the molecule is CC1CC=CC2=C1C(C)(C)c1cc(-c3cccc(-c4cccc(-c5nc(-c6ccccc6)nc(-c6ccccc6)n5)c4)c3)ccc12. The van der Waals surface area contributed by atoms with Crippen molar-refractivity contribution < 1.29 is 0 Å². The third kappa shape index (κ3) is 4.89. The van der Waals surface area contributed by atoms with Crippen molar-refractivity contribution in [3.63, 3.8) is 0 Å². The molecule has 46 heavy (non-hydrogen) atoms. The minimum absolute atomic E-state index is 0.0263. The zero-order valence-electron chi connectivity index (χ0n) is 26.4. The van der Waals surface area contributed by atoms with Gasteiger partial charge in [0.05, 0.1) is 0 Å². The Balaban J connectivity index is 1.17. The molecule has 0 saturated carbocycles. The third-order valence-corrected chi connectivity index (χ3v) is 9.56. The van der Waals surface area contributed by atoms with Crippen LogP contribution in [0.2, 0.25) is 0 Å². The molecule has 2 aliphatic carbocycles. The average molecular weight is 594 g/mol. The average Bonchev–Trinajstić information content (AvgIpc) is 3.35. The molecule has 3 nitrogen and oxygen atoms in total. The first-order valence-corrected chi connectivity index (χ1v) is 16.1. The molecule has 0 bridgehead atoms. The van der Waals surface area contributed by atoms with Crippen molar-refractivity contribution in [2.45, 2.75) is 32.6 Å². The summed E-state index contributed by atoms with van der Waals surface area (Å²) >= 11 is 0. The predicted molar refractivity (Wildman–Crippen MR) is 190 cm³/mol. The van der Waals surface area contributed by atoms with E-state index in [0.29, 0.717) is 23.4 Å². The van der Waals surface area contributed by atoms with E-state index >= 15 is 0 Å². The summed E-state index contributed by atoms with van der Waals surface area (Å²) < 4.78 is 0. The second-order valence-corrected chi connectivity index (χ2v) is 13.0. The topological polar surface area (TPSA) is 38.7 Å². The molecule has 0 spiro atoms. The molecule has 0 fully saturated rings. The van der Waals surface area contributed by atoms with Gasteiger partial charge in [0.1, 0.15) is 0 Å². The van der Waals surface area contributed by atoms with Crippen molar-refractivity contribution in [3.05, 3.63) is 156 Å². The summed E-state index contributed by atoms with van der Waals surface area (Å²) in [6, 6.07) is 44.7. The fourth-order valence-electron chi connectivity index (χ4n) is 7.33. The first-order chi connectivity index (χ1) is 22.5. The van der Waals surface area contributed by atoms with E-state index in [4.69, 9.17) is 15.0 Å². The lowest BCUT2D eigenvalue weighted by atomic mass is 9.74. The maximum atomic E-state index is 4.95. The zero-order valence-corrected chi connectivity index (χ0v) is 26.4. The van der Waals surface area contributed by atoms with E-state index in [1.165, 1.54) is 27.8 Å². The van der Waals surface area contributed by atoms with Gasteiger partial charge in [-0.25, -0.2) is 15.0 Å². The summed E-state index contributed by atoms with van der Waals surface area (Å²) in [5, 5.41) is 0. The fraction of sp³-hybridized carbons (Fsp3) is 0.140. The lowest BCUT2D eigenvalue weighted by molar-refractivity contribution is 0.530. The van der Waals surface area contributed by atoms with Crippen LogP contribution >= 0.6 is 0 Å². The molecule has 2 aliphatic rings. The van der Waals surface area contributed by atoms with E-state index in [1.807, 2.05) is 60.7 Å². The van der Waals surface area contributed by atoms with E-state index < -0.39 is 0 Å². The zero-order chi connectivity index (χ0) is 31.3. The van der Waals surface area contributed by atoms with Crippen LogP contribution in [-0.4, -0.2) is 15.0 Å². The van der Waals surface area contributed by atoms with Gasteiger partial charge in [-0.15, -0.1) is 0 Å². The highest BCUT2D eigenvalue weighted by atomic mass is 15.0. The molecule has 0 amide bonds. The van der Waals surface area contributed by atoms with Gasteiger partial charge in [-0.3, -0.25) is 0 Å². The second kappa shape index (κ2) is 11.2. The Hall–Kier alpha value is -5.41. The minimum Gasteiger partial charge on any atom is -0.208 e. The number of hydrogen-bond donors (Lipinski definition) is 0. The van der Waals surface area contributed by atoms with Crippen LogP contribution < -0.4 is 0 Å². The molecule has 0 aliphatic heterocycles. The molecule has 6 aromatic rings. The molecule has 0 N–H and O–H groups in total. The molecule has 5 aromatic carbocycles. The molecular weight excluding hydrogens is 558 g/mol. The van der Waals surface area contributed by atoms with Gasteiger partial charge in [-0.05, 0) is 75.1 Å². The summed E-state index contributed by atoms with van der Waals surface area (Å²) in [6.45, 7) is 7.15. The Morgan fingerprint density at radius 3 is 1.59 bits per heavy atom. The maximum Gasteiger partial charge on any atom is 0.164 e. The summed E-state index contributed by atoms with van der Waals surface area (Å²) in [4.78, 5) is 14.8. The van der Waals surface area contributed by atoms with Gasteiger partial charge in [-0.1, -0.05) is 142 Å². The Kier molecular flexibility index (Phi) is 6.83. The van der Waals surface area contributed by atoms with Gasteiger partial charge in [0.25, 0.3) is 0 Å².